The van der Waals surface area contributed by atoms with E-state index in [1.807, 2.05) is 6.26 Å². The molecule has 0 aromatic carbocycles. The van der Waals surface area contributed by atoms with Gasteiger partial charge in [-0.25, -0.2) is 4.79 Å². The minimum Gasteiger partial charge on any atom is -0.480 e. The number of primary amides is 1. The summed E-state index contributed by atoms with van der Waals surface area (Å²) < 4.78 is 0. The number of guanidine groups is 1. The van der Waals surface area contributed by atoms with Crippen LogP contribution >= 0.6 is 24.4 Å². The van der Waals surface area contributed by atoms with Gasteiger partial charge in [-0.2, -0.15) is 24.4 Å². The molecule has 4 saturated heterocycles. The van der Waals surface area contributed by atoms with Gasteiger partial charge >= 0.3 is 5.97 Å². The first-order valence-electron chi connectivity index (χ1n) is 45.5. The predicted molar refractivity (Wildman–Crippen MR) is 492 cm³/mol. The zero-order valence-electron chi connectivity index (χ0n) is 77.0. The molecule has 18 atom stereocenters. The highest BCUT2D eigenvalue weighted by Gasteiger charge is 2.45. The van der Waals surface area contributed by atoms with Crippen molar-refractivity contribution in [2.24, 2.45) is 50.9 Å². The first-order valence-corrected chi connectivity index (χ1v) is 47.6. The van der Waals surface area contributed by atoms with E-state index in [9.17, 15) is 111 Å². The van der Waals surface area contributed by atoms with Gasteiger partial charge in [-0.3, -0.25) is 96.1 Å². The third kappa shape index (κ3) is 38.1. The Morgan fingerprint density at radius 3 is 1.23 bits per heavy atom. The molecule has 52 heteroatoms. The normalized spacial score (nSPS) is 18.9. The summed E-state index contributed by atoms with van der Waals surface area (Å²) in [5.41, 5.74) is 45.5. The molecule has 4 rings (SSSR count). The quantitative estimate of drug-likeness (QED) is 0.0116. The number of hydrogen-bond acceptors (Lipinski definition) is 30. The molecule has 0 spiro atoms. The zero-order valence-corrected chi connectivity index (χ0v) is 78.7. The Hall–Kier alpha value is -10.9. The number of aliphatic carboxylic acids is 1. The number of carboxylic acid groups (broad SMARTS) is 1. The van der Waals surface area contributed by atoms with Gasteiger partial charge in [0, 0.05) is 38.5 Å². The van der Waals surface area contributed by atoms with Crippen LogP contribution in [0, 0.1) is 0 Å². The van der Waals surface area contributed by atoms with Crippen molar-refractivity contribution in [2.75, 3.05) is 96.4 Å². The first kappa shape index (κ1) is 115. The number of carboxylic acids is 1. The second-order valence-corrected chi connectivity index (χ2v) is 34.9. The van der Waals surface area contributed by atoms with Crippen molar-refractivity contribution >= 4 is 149 Å². The topological polar surface area (TPSA) is 804 Å². The predicted octanol–water partition coefficient (Wildman–Crippen LogP) is -11.0. The largest absolute Gasteiger partial charge is 0.480 e. The summed E-state index contributed by atoms with van der Waals surface area (Å²) in [4.78, 5) is 282. The van der Waals surface area contributed by atoms with Gasteiger partial charge in [-0.05, 0) is 214 Å². The monoisotopic (exact) mass is 1940 g/mol. The second kappa shape index (κ2) is 60.4. The smallest absolute Gasteiger partial charge is 0.326 e. The van der Waals surface area contributed by atoms with Crippen molar-refractivity contribution in [3.8, 4) is 0 Å². The van der Waals surface area contributed by atoms with Crippen LogP contribution in [0.5, 0.6) is 0 Å². The van der Waals surface area contributed by atoms with E-state index in [0.29, 0.717) is 70.1 Å². The number of nitrogens with zero attached hydrogens (tertiary/aromatic N) is 5. The number of nitrogens with two attached hydrogens (primary N) is 8. The van der Waals surface area contributed by atoms with E-state index in [4.69, 9.17) is 45.9 Å². The van der Waals surface area contributed by atoms with Gasteiger partial charge in [0.05, 0.1) is 38.3 Å². The maximum atomic E-state index is 14.4. The Bertz CT molecular complexity index is 4030. The number of carbonyl (C=O) groups is 20. The summed E-state index contributed by atoms with van der Waals surface area (Å²) in [5.74, 6) is -17.7. The number of likely N-dealkylation sites (tertiary alicyclic amines) is 4. The second-order valence-electron chi connectivity index (χ2n) is 33.6. The number of thioether (sulfide) groups is 1. The average molecular weight is 1940 g/mol. The van der Waals surface area contributed by atoms with Crippen LogP contribution in [0.4, 0.5) is 0 Å². The van der Waals surface area contributed by atoms with Gasteiger partial charge in [0.1, 0.15) is 96.7 Å². The third-order valence-electron chi connectivity index (χ3n) is 23.0. The van der Waals surface area contributed by atoms with E-state index in [2.05, 4.69) is 92.1 Å². The van der Waals surface area contributed by atoms with Crippen LogP contribution in [0.3, 0.4) is 0 Å². The number of unbranched alkanes of at least 4 members (excludes halogenated alkanes) is 4. The van der Waals surface area contributed by atoms with E-state index < -0.39 is 253 Å². The van der Waals surface area contributed by atoms with Crippen molar-refractivity contribution in [3.05, 3.63) is 0 Å². The highest BCUT2D eigenvalue weighted by atomic mass is 32.2. The number of thiol groups is 1. The lowest BCUT2D eigenvalue weighted by molar-refractivity contribution is -0.145. The Labute approximate surface area is 788 Å². The van der Waals surface area contributed by atoms with Gasteiger partial charge in [-0.1, -0.05) is 0 Å². The molecule has 4 aliphatic rings. The number of hydrogen-bond donors (Lipinski definition) is 26. The summed E-state index contributed by atoms with van der Waals surface area (Å²) in [6.45, 7) is 3.65. The van der Waals surface area contributed by atoms with Crippen LogP contribution in [0.1, 0.15) is 182 Å². The third-order valence-corrected chi connectivity index (χ3v) is 24.0. The zero-order chi connectivity index (χ0) is 100. The van der Waals surface area contributed by atoms with Crippen LogP contribution in [0.15, 0.2) is 4.99 Å². The summed E-state index contributed by atoms with van der Waals surface area (Å²) in [5, 5.41) is 65.9. The molecule has 0 aromatic heterocycles. The van der Waals surface area contributed by atoms with Crippen molar-refractivity contribution in [2.45, 2.75) is 291 Å². The molecule has 33 N–H and O–H groups in total. The Morgan fingerprint density at radius 1 is 0.403 bits per heavy atom. The van der Waals surface area contributed by atoms with E-state index in [0.717, 1.165) is 9.80 Å². The van der Waals surface area contributed by atoms with Crippen LogP contribution < -0.4 is 120 Å². The fourth-order valence-electron chi connectivity index (χ4n) is 15.6. The fourth-order valence-corrected chi connectivity index (χ4v) is 16.3. The average Bonchev–Trinajstić information content (AvgIpc) is 1.66. The van der Waals surface area contributed by atoms with Crippen molar-refractivity contribution in [1.82, 2.24) is 94.0 Å². The summed E-state index contributed by atoms with van der Waals surface area (Å²) in [6.07, 6.45) is 4.41. The lowest BCUT2D eigenvalue weighted by atomic mass is 10.0. The Kier molecular flexibility index (Phi) is 52.1. The Balaban J connectivity index is 1.35. The van der Waals surface area contributed by atoms with Crippen LogP contribution in [0.2, 0.25) is 0 Å². The maximum Gasteiger partial charge on any atom is 0.326 e. The number of carbonyl (C=O) groups excluding carboxylic acids is 19. The molecule has 0 unspecified atom stereocenters. The number of aliphatic hydroxyl groups excluding tert-OH is 2. The van der Waals surface area contributed by atoms with Crippen LogP contribution in [-0.2, 0) is 95.9 Å². The molecule has 134 heavy (non-hydrogen) atoms. The van der Waals surface area contributed by atoms with Crippen molar-refractivity contribution in [1.29, 1.82) is 0 Å². The van der Waals surface area contributed by atoms with Crippen molar-refractivity contribution in [3.63, 3.8) is 0 Å². The standard InChI is InChI=1S/C82H143N27O23S2/c1-44(65(115)95-45(2)77(127)106-34-16-25-58(106)74(124)103-54(39-61(88)112)70(120)101-52(21-8-12-31-85)79(129)109-37-18-26-59(109)73(123)102-53(81(131)132)22-9-13-32-86)94-62(113)40-93-72(122)57-24-15-36-108(57)80(130)56(43-133)104-71(121)55(42-110)97-63(114)41-92-67(117)49(19-6-10-29-83)98-69(119)51(23-14-33-91-82(89)90)99-68(118)50(20-7-11-30-84)100-76(126)64(47(4)111)105-75(125)60-27-17-35-107(60)78(128)46(3)96-66(116)48(87)28-38-134-5/h44-60,64,110-111,133H,6-43,83-87H2,1-5H3,(H2,88,112)(H,92,117)(H,93,122)(H,94,113)(H,95,115)(H,96,116)(H,97,114)(H,98,119)(H,99,118)(H,100,126)(H,101,120)(H,102,123)(H,103,124)(H,104,121)(H,105,125)(H,131,132)(H4,89,90,91)/t44-,45-,46-,47+,48-,49-,50-,51-,52-,53-,54-,55-,56-,57-,58-,59-,60-,64-/m0/s1. The summed E-state index contributed by atoms with van der Waals surface area (Å²) >= 11 is 5.74. The minimum absolute atomic E-state index is 0.00582. The molecule has 19 amide bonds. The molecule has 50 nitrogen and oxygen atoms in total. The molecule has 0 bridgehead atoms. The summed E-state index contributed by atoms with van der Waals surface area (Å²) in [6, 6.07) is -22.8. The molecule has 0 radical (unpaired) electrons. The van der Waals surface area contributed by atoms with Gasteiger partial charge < -0.3 is 155 Å². The molecular formula is C82H143N27O23S2. The number of aliphatic imine (C=N–C) groups is 1. The van der Waals surface area contributed by atoms with E-state index in [1.54, 1.807) is 0 Å². The van der Waals surface area contributed by atoms with E-state index >= 15 is 0 Å². The molecule has 0 saturated carbocycles. The highest BCUT2D eigenvalue weighted by molar-refractivity contribution is 7.98. The molecule has 0 aromatic rings. The number of rotatable bonds is 61. The van der Waals surface area contributed by atoms with Gasteiger partial charge in [0.25, 0.3) is 0 Å². The fraction of sp³-hybridized carbons (Fsp3) is 0.744. The number of aliphatic hydroxyl groups is 2. The number of nitrogens with one attached hydrogen (secondary N) is 14. The van der Waals surface area contributed by atoms with Gasteiger partial charge in [-0.15, -0.1) is 0 Å². The van der Waals surface area contributed by atoms with E-state index in [1.165, 1.54) is 49.3 Å². The SMILES string of the molecule is CSCC[C@H](N)C(=O)N[C@@H](C)C(=O)N1CCC[C@H]1C(=O)N[C@H](C(=O)N[C@@H](CCCCN)C(=O)N[C@@H](CCCN=C(N)N)C(=O)N[C@@H](CCCCN)C(=O)NCC(=O)N[C@@H](CO)C(=O)N[C@@H](CS)C(=O)N1CCC[C@H]1C(=O)NCC(=O)N[C@@H](C)C(=O)N[C@@H](C)C(=O)N1CCC[C@H]1C(=O)N[C@@H](CC(N)=O)C(=O)N[C@@H](CCCCN)C(=O)N1CCC[C@H]1C(=O)N[C@@H](CCCCN)C(=O)O)[C@@H](C)O. The lowest BCUT2D eigenvalue weighted by Gasteiger charge is -2.31. The van der Waals surface area contributed by atoms with E-state index in [-0.39, 0.29) is 154 Å². The highest BCUT2D eigenvalue weighted by Crippen LogP contribution is 2.25. The number of amides is 19. The molecular weight excluding hydrogens is 1800 g/mol. The first-order chi connectivity index (χ1) is 63.6. The maximum absolute atomic E-state index is 14.4. The molecule has 0 aliphatic carbocycles. The molecule has 756 valence electrons. The lowest BCUT2D eigenvalue weighted by Crippen LogP contribution is -2.61. The van der Waals surface area contributed by atoms with Gasteiger partial charge in [0.2, 0.25) is 112 Å². The molecule has 4 heterocycles. The summed E-state index contributed by atoms with van der Waals surface area (Å²) in [7, 11) is 0. The Morgan fingerprint density at radius 2 is 0.784 bits per heavy atom. The molecule has 4 aliphatic heterocycles. The minimum atomic E-state index is -1.77. The van der Waals surface area contributed by atoms with Crippen LogP contribution in [-0.4, -0.2) is 364 Å². The van der Waals surface area contributed by atoms with Gasteiger partial charge in [0.15, 0.2) is 5.96 Å². The van der Waals surface area contributed by atoms with Crippen molar-refractivity contribution < 1.29 is 111 Å². The molecule has 4 fully saturated rings. The van der Waals surface area contributed by atoms with Crippen LogP contribution in [0.25, 0.3) is 0 Å².